The van der Waals surface area contributed by atoms with E-state index in [9.17, 15) is 0 Å². The van der Waals surface area contributed by atoms with Gasteiger partial charge < -0.3 is 5.73 Å². The van der Waals surface area contributed by atoms with E-state index in [-0.39, 0.29) is 0 Å². The Morgan fingerprint density at radius 1 is 0.420 bits per heavy atom. The van der Waals surface area contributed by atoms with Crippen LogP contribution in [0.1, 0.15) is 449 Å². The zero-order valence-corrected chi connectivity index (χ0v) is 92.4. The molecule has 0 bridgehead atoms. The molecular formula is C115H164N4S12. The van der Waals surface area contributed by atoms with Crippen molar-refractivity contribution in [3.05, 3.63) is 158 Å². The van der Waals surface area contributed by atoms with Gasteiger partial charge in [0.15, 0.2) is 0 Å². The number of thiazole rings is 2. The van der Waals surface area contributed by atoms with E-state index in [2.05, 4.69) is 177 Å². The number of unbranched alkanes of at least 4 members (excludes halogenated alkanes) is 40. The quantitative estimate of drug-likeness (QED) is 0.0201. The summed E-state index contributed by atoms with van der Waals surface area (Å²) in [5.74, 6) is 0. The van der Waals surface area contributed by atoms with Gasteiger partial charge in [0.1, 0.15) is 14.9 Å². The zero-order valence-electron chi connectivity index (χ0n) is 82.5. The van der Waals surface area contributed by atoms with E-state index in [4.69, 9.17) is 46.0 Å². The third-order valence-corrected chi connectivity index (χ3v) is 39.8. The van der Waals surface area contributed by atoms with Crippen LogP contribution in [0.15, 0.2) is 99.3 Å². The van der Waals surface area contributed by atoms with Crippen LogP contribution < -0.4 is 15.6 Å². The minimum atomic E-state index is -0.674. The lowest BCUT2D eigenvalue weighted by Gasteiger charge is -2.38. The highest BCUT2D eigenvalue weighted by Gasteiger charge is 2.40. The van der Waals surface area contributed by atoms with Crippen LogP contribution in [0.3, 0.4) is 0 Å². The van der Waals surface area contributed by atoms with Crippen molar-refractivity contribution in [1.29, 1.82) is 0 Å². The Labute approximate surface area is 847 Å². The normalized spacial score (nSPS) is 15.1. The average molecular weight is 1990 g/mol. The average Bonchev–Trinajstić information content (AvgIpc) is 1.72. The summed E-state index contributed by atoms with van der Waals surface area (Å²) >= 11 is 30.4. The topological polar surface area (TPSA) is 64.2 Å². The number of hydrogen-bond acceptors (Lipinski definition) is 16. The Morgan fingerprint density at radius 3 is 1.32 bits per heavy atom. The monoisotopic (exact) mass is 1980 g/mol. The largest absolute Gasteiger partial charge is 0.309 e. The van der Waals surface area contributed by atoms with Crippen LogP contribution >= 0.6 is 139 Å². The first-order valence-corrected chi connectivity index (χ1v) is 61.7. The number of aryl methyl sites for hydroxylation is 7. The second kappa shape index (κ2) is 59.8. The number of benzene rings is 1. The highest BCUT2D eigenvalue weighted by Crippen LogP contribution is 2.57. The summed E-state index contributed by atoms with van der Waals surface area (Å²) in [5.41, 5.74) is 21.9. The fourth-order valence-corrected chi connectivity index (χ4v) is 30.9. The number of nitrogens with zero attached hydrogens (tertiary/aromatic N) is 3. The molecule has 0 spiro atoms. The molecule has 9 aromatic rings. The van der Waals surface area contributed by atoms with Gasteiger partial charge in [-0.1, -0.05) is 355 Å². The summed E-state index contributed by atoms with van der Waals surface area (Å²) in [6, 6.07) is 20.4. The number of aliphatic imine (C=N–C) groups is 1. The van der Waals surface area contributed by atoms with E-state index in [1.165, 1.54) is 421 Å². The number of allylic oxidation sites excluding steroid dienone is 5. The first-order valence-electron chi connectivity index (χ1n) is 52.6. The Balaban J connectivity index is 0.942. The number of thioether (sulfide) groups is 2. The van der Waals surface area contributed by atoms with Crippen molar-refractivity contribution in [2.24, 2.45) is 10.7 Å². The lowest BCUT2D eigenvalue weighted by atomic mass is 9.97. The summed E-state index contributed by atoms with van der Waals surface area (Å²) in [7, 11) is 0. The molecule has 1 atom stereocenters. The Morgan fingerprint density at radius 2 is 0.840 bits per heavy atom. The molecule has 0 saturated heterocycles. The first kappa shape index (κ1) is 108. The van der Waals surface area contributed by atoms with Gasteiger partial charge in [-0.2, -0.15) is 0 Å². The molecule has 0 aliphatic carbocycles. The molecule has 131 heavy (non-hydrogen) atoms. The van der Waals surface area contributed by atoms with Crippen LogP contribution in [0.25, 0.3) is 87.4 Å². The van der Waals surface area contributed by atoms with E-state index in [1.807, 2.05) is 74.6 Å². The molecule has 0 saturated carbocycles. The summed E-state index contributed by atoms with van der Waals surface area (Å²) in [6.45, 7) is 27.5. The van der Waals surface area contributed by atoms with Crippen molar-refractivity contribution in [1.82, 2.24) is 9.97 Å². The molecule has 0 radical (unpaired) electrons. The minimum Gasteiger partial charge on any atom is -0.309 e. The molecule has 10 heterocycles. The lowest BCUT2D eigenvalue weighted by molar-refractivity contribution is 0.606. The van der Waals surface area contributed by atoms with Crippen molar-refractivity contribution in [2.45, 2.75) is 445 Å². The Bertz CT molecular complexity index is 5210. The highest BCUT2D eigenvalue weighted by atomic mass is 32.2. The summed E-state index contributed by atoms with van der Waals surface area (Å²) in [6.07, 6.45) is 85.4. The predicted octanol–water partition coefficient (Wildman–Crippen LogP) is 40.6. The first-order chi connectivity index (χ1) is 64.1. The summed E-state index contributed by atoms with van der Waals surface area (Å²) < 4.78 is 2.35. The van der Waals surface area contributed by atoms with Crippen molar-refractivity contribution in [2.75, 3.05) is 0 Å². The van der Waals surface area contributed by atoms with Crippen molar-refractivity contribution in [3.8, 4) is 49.0 Å². The SMILES string of the molecule is C=C1/C=c2/nc(-c3sc(-c4sc(-c5cc(CCCCCCCC)c(-c6cc(CCCCCCCC)c(-c7nc8cc9c(cc8s7)[C@@](N)(/C=C(/C=C(\S)c7sc(/C=C/C(CCCCCCCC)=C(\S)c8cc(CCCCCCCC)c(CC)s8)cc7CCCCCCCC)CCCCCCCC)S9)s6)s5)cc4CCCCCCCC)cc3CCCCCCCC)s/c2=C/N=C(C)S1. The second-order valence-electron chi connectivity index (χ2n) is 37.9. The van der Waals surface area contributed by atoms with E-state index < -0.39 is 4.87 Å². The zero-order chi connectivity index (χ0) is 92.4. The maximum Gasteiger partial charge on any atom is 0.134 e. The molecule has 2 N–H and O–H groups in total. The number of fused-ring (bicyclic) bond motifs is 3. The molecule has 716 valence electrons. The van der Waals surface area contributed by atoms with Crippen molar-refractivity contribution >= 4 is 183 Å². The maximum absolute atomic E-state index is 7.90. The van der Waals surface area contributed by atoms with E-state index in [0.717, 1.165) is 98.1 Å². The fraction of sp³-hybridized carbons (Fsp3) is 0.591. The van der Waals surface area contributed by atoms with Gasteiger partial charge in [0.25, 0.3) is 0 Å². The van der Waals surface area contributed by atoms with Gasteiger partial charge in [0.2, 0.25) is 0 Å². The summed E-state index contributed by atoms with van der Waals surface area (Å²) in [4.78, 5) is 36.7. The van der Waals surface area contributed by atoms with Gasteiger partial charge in [-0.25, -0.2) is 9.97 Å². The molecule has 0 unspecified atom stereocenters. The molecule has 0 amide bonds. The molecule has 8 aromatic heterocycles. The molecule has 0 fully saturated rings. The van der Waals surface area contributed by atoms with Crippen LogP contribution in [0, 0.1) is 0 Å². The minimum absolute atomic E-state index is 0.674. The fourth-order valence-electron chi connectivity index (χ4n) is 18.8. The molecule has 2 aliphatic heterocycles. The van der Waals surface area contributed by atoms with Crippen LogP contribution in [0.5, 0.6) is 0 Å². The van der Waals surface area contributed by atoms with Gasteiger partial charge in [0, 0.05) is 80.1 Å². The lowest BCUT2D eigenvalue weighted by Crippen LogP contribution is -2.37. The predicted molar refractivity (Wildman–Crippen MR) is 610 cm³/mol. The van der Waals surface area contributed by atoms with E-state index in [0.29, 0.717) is 0 Å². The third-order valence-electron chi connectivity index (χ3n) is 26.5. The number of aromatic nitrogens is 2. The summed E-state index contributed by atoms with van der Waals surface area (Å²) in [5, 5.41) is 4.29. The molecule has 16 heteroatoms. The molecule has 2 aliphatic rings. The number of thiol groups is 2. The van der Waals surface area contributed by atoms with Crippen LogP contribution in [-0.2, 0) is 49.8 Å². The molecule has 11 rings (SSSR count). The Hall–Kier alpha value is -3.59. The van der Waals surface area contributed by atoms with Gasteiger partial charge >= 0.3 is 0 Å². The molecule has 1 aromatic carbocycles. The van der Waals surface area contributed by atoms with E-state index in [1.54, 1.807) is 33.5 Å². The van der Waals surface area contributed by atoms with Crippen molar-refractivity contribution in [3.63, 3.8) is 0 Å². The van der Waals surface area contributed by atoms with Gasteiger partial charge in [-0.3, -0.25) is 4.99 Å². The van der Waals surface area contributed by atoms with Gasteiger partial charge in [0.05, 0.1) is 34.9 Å². The van der Waals surface area contributed by atoms with Gasteiger partial charge in [-0.05, 0) is 233 Å². The van der Waals surface area contributed by atoms with Crippen LogP contribution in [0.4, 0.5) is 0 Å². The standard InChI is InChI=1S/C115H164N4S12/c1-12-21-29-37-45-53-61-85(72-97(120)108-88(64-56-48-40-32-24-15-4)73-93(123-108)70-69-86(62-54-46-38-30-22-13-2)107(121)103-74-87(98(20-9)124-103)63-55-47-39-31-23-14-3)81-115(116)94-79-100-96(80-99(94)131-115)119-113(129-100)111-91(67-59-51-43-35-27-18-7)77-104(127-111)109-89(65-57-49-41-33-25-16-5)75-101(125-109)102-76-90(66-58-50-42-34-26-17-6)110(126-102)105-78-92(68-60-52-44-36-28-19-8)112(128-105)114-118-95-71-83(10)122-84(11)117-82-106(95)130-114/h69-82,120-121H,10,12-68,116H2,1-9,11H3/b70-69+,85-81+,95-71+,97-72-,106-82+,107-86-,117-84?/t115-/m1/s1. The van der Waals surface area contributed by atoms with Crippen LogP contribution in [0.2, 0.25) is 0 Å². The second-order valence-corrected chi connectivity index (χ2v) is 49.9. The smallest absolute Gasteiger partial charge is 0.134 e. The number of thiophene rings is 6. The maximum atomic E-state index is 7.90. The van der Waals surface area contributed by atoms with E-state index >= 15 is 0 Å². The number of hydrogen-bond donors (Lipinski definition) is 3. The number of rotatable bonds is 68. The highest BCUT2D eigenvalue weighted by molar-refractivity contribution is 8.17. The third kappa shape index (κ3) is 33.9. The number of nitrogens with two attached hydrogens (primary N) is 1. The molecule has 4 nitrogen and oxygen atoms in total. The van der Waals surface area contributed by atoms with Crippen LogP contribution in [-0.4, -0.2) is 15.0 Å². The molecular weight excluding hydrogens is 1820 g/mol. The Kier molecular flexibility index (Phi) is 49.2. The van der Waals surface area contributed by atoms with Gasteiger partial charge in [-0.15, -0.1) is 116 Å². The van der Waals surface area contributed by atoms with Crippen molar-refractivity contribution < 1.29 is 0 Å².